The molecule has 1 aliphatic carbocycles. The molecular weight excluding hydrogens is 240 g/mol. The first-order valence-corrected chi connectivity index (χ1v) is 6.36. The molecule has 0 saturated carbocycles. The van der Waals surface area contributed by atoms with Crippen LogP contribution in [0.15, 0.2) is 48.5 Å². The number of rotatable bonds is 0. The van der Waals surface area contributed by atoms with E-state index >= 15 is 0 Å². The minimum absolute atomic E-state index is 0.250. The van der Waals surface area contributed by atoms with Crippen molar-refractivity contribution in [2.45, 2.75) is 19.1 Å². The van der Waals surface area contributed by atoms with Crippen LogP contribution in [0, 0.1) is 0 Å². The van der Waals surface area contributed by atoms with E-state index in [2.05, 4.69) is 0 Å². The Kier molecular flexibility index (Phi) is 4.32. The van der Waals surface area contributed by atoms with Crippen LogP contribution in [0.2, 0.25) is 0 Å². The van der Waals surface area contributed by atoms with Crippen LogP contribution in [-0.4, -0.2) is 21.9 Å². The molecule has 3 rings (SSSR count). The van der Waals surface area contributed by atoms with E-state index in [0.717, 1.165) is 22.3 Å². The van der Waals surface area contributed by atoms with E-state index in [4.69, 9.17) is 5.11 Å². The first-order valence-electron chi connectivity index (χ1n) is 6.36. The molecule has 19 heavy (non-hydrogen) atoms. The third kappa shape index (κ3) is 2.54. The Morgan fingerprint density at radius 3 is 1.47 bits per heavy atom. The predicted octanol–water partition coefficient (Wildman–Crippen LogP) is 2.43. The highest BCUT2D eigenvalue weighted by molar-refractivity contribution is 5.74. The second-order valence-corrected chi connectivity index (χ2v) is 4.38. The zero-order valence-electron chi connectivity index (χ0n) is 10.8. The SMILES string of the molecule is CCO.OC1c2ccccc2-c2ccccc2C1O. The molecule has 3 heteroatoms. The fraction of sp³-hybridized carbons (Fsp3) is 0.250. The van der Waals surface area contributed by atoms with Gasteiger partial charge in [0, 0.05) is 6.61 Å². The van der Waals surface area contributed by atoms with Gasteiger partial charge in [0.2, 0.25) is 0 Å². The van der Waals surface area contributed by atoms with Gasteiger partial charge in [0.15, 0.2) is 0 Å². The fourth-order valence-corrected chi connectivity index (χ4v) is 2.34. The van der Waals surface area contributed by atoms with Crippen LogP contribution in [0.25, 0.3) is 11.1 Å². The van der Waals surface area contributed by atoms with Crippen LogP contribution in [0.1, 0.15) is 30.3 Å². The third-order valence-electron chi connectivity index (χ3n) is 3.15. The molecule has 3 nitrogen and oxygen atoms in total. The van der Waals surface area contributed by atoms with Crippen molar-refractivity contribution in [1.82, 2.24) is 0 Å². The standard InChI is InChI=1S/C14H12O2.C2H6O/c15-13-11-7-3-1-5-9(11)10-6-2-4-8-12(10)14(13)16;1-2-3/h1-8,13-16H;3H,2H2,1H3. The molecule has 0 heterocycles. The number of hydrogen-bond donors (Lipinski definition) is 3. The van der Waals surface area contributed by atoms with Crippen LogP contribution in [0.3, 0.4) is 0 Å². The first-order chi connectivity index (χ1) is 9.20. The molecule has 2 aromatic rings. The van der Waals surface area contributed by atoms with Crippen LogP contribution in [0.5, 0.6) is 0 Å². The zero-order chi connectivity index (χ0) is 13.8. The van der Waals surface area contributed by atoms with Gasteiger partial charge in [-0.1, -0.05) is 48.5 Å². The molecule has 0 bridgehead atoms. The summed E-state index contributed by atoms with van der Waals surface area (Å²) in [4.78, 5) is 0. The topological polar surface area (TPSA) is 60.7 Å². The van der Waals surface area contributed by atoms with Crippen molar-refractivity contribution < 1.29 is 15.3 Å². The predicted molar refractivity (Wildman–Crippen MR) is 74.6 cm³/mol. The van der Waals surface area contributed by atoms with Crippen LogP contribution < -0.4 is 0 Å². The Labute approximate surface area is 112 Å². The molecule has 0 amide bonds. The zero-order valence-corrected chi connectivity index (χ0v) is 10.8. The van der Waals surface area contributed by atoms with Crippen molar-refractivity contribution >= 4 is 0 Å². The van der Waals surface area contributed by atoms with Crippen molar-refractivity contribution in [2.24, 2.45) is 0 Å². The van der Waals surface area contributed by atoms with Crippen molar-refractivity contribution in [3.63, 3.8) is 0 Å². The van der Waals surface area contributed by atoms with Crippen molar-refractivity contribution in [3.8, 4) is 11.1 Å². The lowest BCUT2D eigenvalue weighted by Gasteiger charge is -2.28. The molecule has 0 saturated heterocycles. The highest BCUT2D eigenvalue weighted by atomic mass is 16.3. The quantitative estimate of drug-likeness (QED) is 0.680. The molecule has 2 unspecified atom stereocenters. The first kappa shape index (κ1) is 13.7. The molecule has 100 valence electrons. The Balaban J connectivity index is 0.000000408. The molecule has 1 aliphatic rings. The van der Waals surface area contributed by atoms with Gasteiger partial charge in [0.25, 0.3) is 0 Å². The summed E-state index contributed by atoms with van der Waals surface area (Å²) < 4.78 is 0. The van der Waals surface area contributed by atoms with Gasteiger partial charge in [-0.3, -0.25) is 0 Å². The van der Waals surface area contributed by atoms with Gasteiger partial charge in [0.05, 0.1) is 0 Å². The van der Waals surface area contributed by atoms with Crippen LogP contribution in [0.4, 0.5) is 0 Å². The smallest absolute Gasteiger partial charge is 0.110 e. The molecule has 2 aromatic carbocycles. The molecule has 3 N–H and O–H groups in total. The van der Waals surface area contributed by atoms with E-state index in [-0.39, 0.29) is 6.61 Å². The van der Waals surface area contributed by atoms with Crippen LogP contribution in [-0.2, 0) is 0 Å². The maximum absolute atomic E-state index is 10.0. The maximum Gasteiger partial charge on any atom is 0.110 e. The normalized spacial score (nSPS) is 19.8. The fourth-order valence-electron chi connectivity index (χ4n) is 2.34. The summed E-state index contributed by atoms with van der Waals surface area (Å²) in [6, 6.07) is 15.3. The minimum Gasteiger partial charge on any atom is -0.397 e. The van der Waals surface area contributed by atoms with Crippen molar-refractivity contribution in [2.75, 3.05) is 6.61 Å². The van der Waals surface area contributed by atoms with Gasteiger partial charge < -0.3 is 15.3 Å². The lowest BCUT2D eigenvalue weighted by molar-refractivity contribution is 0.0158. The van der Waals surface area contributed by atoms with Crippen LogP contribution >= 0.6 is 0 Å². The summed E-state index contributed by atoms with van der Waals surface area (Å²) in [5, 5.41) is 27.6. The van der Waals surface area contributed by atoms with E-state index < -0.39 is 12.2 Å². The van der Waals surface area contributed by atoms with Gasteiger partial charge >= 0.3 is 0 Å². The average Bonchev–Trinajstić information content (AvgIpc) is 2.46. The lowest BCUT2D eigenvalue weighted by Crippen LogP contribution is -2.16. The molecule has 0 spiro atoms. The van der Waals surface area contributed by atoms with Gasteiger partial charge in [-0.15, -0.1) is 0 Å². The van der Waals surface area contributed by atoms with Gasteiger partial charge in [-0.2, -0.15) is 0 Å². The second kappa shape index (κ2) is 5.97. The highest BCUT2D eigenvalue weighted by Gasteiger charge is 2.30. The van der Waals surface area contributed by atoms with Gasteiger partial charge in [-0.25, -0.2) is 0 Å². The molecule has 0 aliphatic heterocycles. The van der Waals surface area contributed by atoms with E-state index in [0.29, 0.717) is 0 Å². The summed E-state index contributed by atoms with van der Waals surface area (Å²) in [5.74, 6) is 0. The Hall–Kier alpha value is -1.68. The Morgan fingerprint density at radius 2 is 1.11 bits per heavy atom. The summed E-state index contributed by atoms with van der Waals surface area (Å²) >= 11 is 0. The van der Waals surface area contributed by atoms with E-state index in [1.807, 2.05) is 48.5 Å². The van der Waals surface area contributed by atoms with E-state index in [9.17, 15) is 10.2 Å². The highest BCUT2D eigenvalue weighted by Crippen LogP contribution is 2.43. The Morgan fingerprint density at radius 1 is 0.789 bits per heavy atom. The third-order valence-corrected chi connectivity index (χ3v) is 3.15. The van der Waals surface area contributed by atoms with E-state index in [1.54, 1.807) is 6.92 Å². The lowest BCUT2D eigenvalue weighted by atomic mass is 9.82. The average molecular weight is 258 g/mol. The van der Waals surface area contributed by atoms with Gasteiger partial charge in [0.1, 0.15) is 12.2 Å². The number of hydrogen-bond acceptors (Lipinski definition) is 3. The molecule has 0 aromatic heterocycles. The van der Waals surface area contributed by atoms with Crippen molar-refractivity contribution in [1.29, 1.82) is 0 Å². The van der Waals surface area contributed by atoms with E-state index in [1.165, 1.54) is 0 Å². The molecule has 0 fully saturated rings. The minimum atomic E-state index is -0.828. The number of benzene rings is 2. The number of aliphatic hydroxyl groups is 3. The molecule has 2 atom stereocenters. The Bertz CT molecular complexity index is 502. The summed E-state index contributed by atoms with van der Waals surface area (Å²) in [5.41, 5.74) is 3.62. The second-order valence-electron chi connectivity index (χ2n) is 4.38. The summed E-state index contributed by atoms with van der Waals surface area (Å²) in [6.07, 6.45) is -1.66. The van der Waals surface area contributed by atoms with Gasteiger partial charge in [-0.05, 0) is 29.2 Å². The summed E-state index contributed by atoms with van der Waals surface area (Å²) in [7, 11) is 0. The van der Waals surface area contributed by atoms with Crippen molar-refractivity contribution in [3.05, 3.63) is 59.7 Å². The largest absolute Gasteiger partial charge is 0.397 e. The number of fused-ring (bicyclic) bond motifs is 3. The number of aliphatic hydroxyl groups excluding tert-OH is 3. The monoisotopic (exact) mass is 258 g/mol. The maximum atomic E-state index is 10.0. The molecular formula is C16H18O3. The summed E-state index contributed by atoms with van der Waals surface area (Å²) in [6.45, 7) is 1.93. The molecule has 0 radical (unpaired) electrons.